The van der Waals surface area contributed by atoms with Crippen molar-refractivity contribution in [3.05, 3.63) is 57.8 Å². The van der Waals surface area contributed by atoms with Gasteiger partial charge in [0.1, 0.15) is 0 Å². The van der Waals surface area contributed by atoms with Crippen LogP contribution < -0.4 is 19.0 Å². The summed E-state index contributed by atoms with van der Waals surface area (Å²) < 4.78 is 23.6. The van der Waals surface area contributed by atoms with E-state index in [1.165, 1.54) is 11.3 Å². The lowest BCUT2D eigenvalue weighted by Crippen LogP contribution is -2.14. The highest BCUT2D eigenvalue weighted by Gasteiger charge is 2.17. The molecule has 2 aromatic carbocycles. The Morgan fingerprint density at radius 2 is 1.76 bits per heavy atom. The molecule has 0 saturated heterocycles. The molecule has 0 aliphatic carbocycles. The van der Waals surface area contributed by atoms with Crippen molar-refractivity contribution in [2.45, 2.75) is 6.92 Å². The lowest BCUT2D eigenvalue weighted by atomic mass is 10.1. The predicted octanol–water partition coefficient (Wildman–Crippen LogP) is 4.46. The van der Waals surface area contributed by atoms with Gasteiger partial charge in [-0.05, 0) is 25.1 Å². The minimum absolute atomic E-state index is 0.530. The first-order chi connectivity index (χ1) is 16.6. The molecule has 0 amide bonds. The molecule has 0 unspecified atom stereocenters. The number of hydrogen-bond donors (Lipinski definition) is 1. The summed E-state index contributed by atoms with van der Waals surface area (Å²) in [4.78, 5) is 8.87. The number of nitrogens with one attached hydrogen (secondary N) is 1. The average molecular weight is 481 g/mol. The molecule has 2 aromatic heterocycles. The number of thiazole rings is 1. The number of hydrogen-bond acceptors (Lipinski definition) is 7. The molecule has 2 heterocycles. The molecule has 1 N–H and O–H groups in total. The maximum Gasteiger partial charge on any atom is 0.206 e. The van der Waals surface area contributed by atoms with E-state index in [0.717, 1.165) is 38.2 Å². The van der Waals surface area contributed by atoms with Crippen LogP contribution in [0.4, 0.5) is 0 Å². The van der Waals surface area contributed by atoms with E-state index in [0.29, 0.717) is 30.4 Å². The monoisotopic (exact) mass is 480 g/mol. The summed E-state index contributed by atoms with van der Waals surface area (Å²) in [6, 6.07) is 12.0. The Morgan fingerprint density at radius 3 is 2.44 bits per heavy atom. The van der Waals surface area contributed by atoms with Gasteiger partial charge in [-0.2, -0.15) is 5.10 Å². The van der Waals surface area contributed by atoms with Crippen molar-refractivity contribution >= 4 is 28.5 Å². The van der Waals surface area contributed by atoms with Gasteiger partial charge in [-0.15, -0.1) is 11.3 Å². The van der Waals surface area contributed by atoms with Crippen LogP contribution in [0.3, 0.4) is 0 Å². The normalized spacial score (nSPS) is 12.1. The van der Waals surface area contributed by atoms with Crippen LogP contribution >= 0.6 is 11.3 Å². The highest BCUT2D eigenvalue weighted by Crippen LogP contribution is 2.41. The Labute approximate surface area is 202 Å². The minimum atomic E-state index is 0.530. The molecule has 0 radical (unpaired) electrons. The molecule has 8 nitrogen and oxygen atoms in total. The molecular weight excluding hydrogens is 452 g/mol. The van der Waals surface area contributed by atoms with E-state index >= 15 is 0 Å². The standard InChI is InChI=1S/C25H28N4O4S/c1-16-19(18-8-6-7-9-20(18)28-16)14-27-29-21(15-34-25(29)26-10-11-30-2)17-12-22(31-3)24(33-5)23(13-17)32-4/h6-9,12-15,28H,10-11H2,1-5H3/b26-25?,27-14+. The Bertz CT molecular complexity index is 1360. The summed E-state index contributed by atoms with van der Waals surface area (Å²) in [5, 5.41) is 8.00. The molecular formula is C25H28N4O4S. The highest BCUT2D eigenvalue weighted by molar-refractivity contribution is 7.07. The molecule has 9 heteroatoms. The summed E-state index contributed by atoms with van der Waals surface area (Å²) in [5.74, 6) is 1.69. The number of benzene rings is 2. The van der Waals surface area contributed by atoms with Crippen LogP contribution in [0, 0.1) is 6.92 Å². The number of fused-ring (bicyclic) bond motifs is 1. The number of ether oxygens (including phenoxy) is 4. The fourth-order valence-electron chi connectivity index (χ4n) is 3.76. The van der Waals surface area contributed by atoms with Gasteiger partial charge in [-0.1, -0.05) is 18.2 Å². The smallest absolute Gasteiger partial charge is 0.206 e. The minimum Gasteiger partial charge on any atom is -0.493 e. The predicted molar refractivity (Wildman–Crippen MR) is 136 cm³/mol. The maximum atomic E-state index is 5.56. The Kier molecular flexibility index (Phi) is 7.34. The number of aryl methyl sites for hydroxylation is 1. The van der Waals surface area contributed by atoms with Gasteiger partial charge in [-0.25, -0.2) is 4.68 Å². The van der Waals surface area contributed by atoms with Crippen molar-refractivity contribution in [1.82, 2.24) is 9.66 Å². The third kappa shape index (κ3) is 4.57. The van der Waals surface area contributed by atoms with E-state index in [1.807, 2.05) is 47.5 Å². The average Bonchev–Trinajstić information content (AvgIpc) is 3.41. The van der Waals surface area contributed by atoms with E-state index < -0.39 is 0 Å². The molecule has 0 saturated carbocycles. The molecule has 0 bridgehead atoms. The summed E-state index contributed by atoms with van der Waals surface area (Å²) in [6.07, 6.45) is 1.87. The second kappa shape index (κ2) is 10.6. The summed E-state index contributed by atoms with van der Waals surface area (Å²) in [5.41, 5.74) is 4.88. The molecule has 0 aliphatic rings. The van der Waals surface area contributed by atoms with Crippen LogP contribution in [-0.2, 0) is 4.74 Å². The topological polar surface area (TPSA) is 82.4 Å². The van der Waals surface area contributed by atoms with E-state index in [2.05, 4.69) is 17.1 Å². The third-order valence-corrected chi connectivity index (χ3v) is 6.29. The van der Waals surface area contributed by atoms with Gasteiger partial charge in [-0.3, -0.25) is 4.99 Å². The number of nitrogens with zero attached hydrogens (tertiary/aromatic N) is 3. The number of aromatic nitrogens is 2. The van der Waals surface area contributed by atoms with Crippen molar-refractivity contribution in [2.24, 2.45) is 10.1 Å². The first kappa shape index (κ1) is 23.6. The van der Waals surface area contributed by atoms with Crippen molar-refractivity contribution in [3.8, 4) is 28.5 Å². The summed E-state index contributed by atoms with van der Waals surface area (Å²) in [7, 11) is 6.46. The molecule has 4 aromatic rings. The number of H-pyrrole nitrogens is 1. The first-order valence-corrected chi connectivity index (χ1v) is 11.6. The van der Waals surface area contributed by atoms with Crippen molar-refractivity contribution in [1.29, 1.82) is 0 Å². The van der Waals surface area contributed by atoms with Crippen molar-refractivity contribution in [2.75, 3.05) is 41.6 Å². The SMILES string of the molecule is COCCN=c1scc(-c2cc(OC)c(OC)c(OC)c2)n1/N=C/c1c(C)[nH]c2ccccc12. The third-order valence-electron chi connectivity index (χ3n) is 5.43. The fourth-order valence-corrected chi connectivity index (χ4v) is 4.62. The molecule has 34 heavy (non-hydrogen) atoms. The van der Waals surface area contributed by atoms with Crippen molar-refractivity contribution in [3.63, 3.8) is 0 Å². The molecule has 4 rings (SSSR count). The van der Waals surface area contributed by atoms with Crippen LogP contribution in [0.1, 0.15) is 11.3 Å². The molecule has 0 fully saturated rings. The zero-order valence-electron chi connectivity index (χ0n) is 19.9. The van der Waals surface area contributed by atoms with Gasteiger partial charge < -0.3 is 23.9 Å². The number of methoxy groups -OCH3 is 4. The van der Waals surface area contributed by atoms with E-state index in [4.69, 9.17) is 29.0 Å². The van der Waals surface area contributed by atoms with Crippen LogP contribution in [0.5, 0.6) is 17.2 Å². The van der Waals surface area contributed by atoms with Gasteiger partial charge in [0.05, 0.1) is 46.4 Å². The van der Waals surface area contributed by atoms with Gasteiger partial charge >= 0.3 is 0 Å². The van der Waals surface area contributed by atoms with E-state index in [-0.39, 0.29) is 0 Å². The zero-order valence-corrected chi connectivity index (χ0v) is 20.7. The second-order valence-electron chi connectivity index (χ2n) is 7.46. The Hall–Kier alpha value is -3.56. The van der Waals surface area contributed by atoms with Crippen molar-refractivity contribution < 1.29 is 18.9 Å². The van der Waals surface area contributed by atoms with Crippen LogP contribution in [0.2, 0.25) is 0 Å². The molecule has 178 valence electrons. The molecule has 0 aliphatic heterocycles. The van der Waals surface area contributed by atoms with Gasteiger partial charge in [0.15, 0.2) is 11.5 Å². The maximum absolute atomic E-state index is 5.56. The Balaban J connectivity index is 1.87. The summed E-state index contributed by atoms with van der Waals surface area (Å²) >= 11 is 1.51. The summed E-state index contributed by atoms with van der Waals surface area (Å²) in [6.45, 7) is 3.11. The van der Waals surface area contributed by atoms with Gasteiger partial charge in [0.2, 0.25) is 10.6 Å². The van der Waals surface area contributed by atoms with Gasteiger partial charge in [0.25, 0.3) is 0 Å². The number of para-hydroxylation sites is 1. The van der Waals surface area contributed by atoms with Crippen LogP contribution in [-0.4, -0.2) is 57.5 Å². The second-order valence-corrected chi connectivity index (χ2v) is 8.29. The largest absolute Gasteiger partial charge is 0.493 e. The van der Waals surface area contributed by atoms with Crippen LogP contribution in [0.15, 0.2) is 51.9 Å². The lowest BCUT2D eigenvalue weighted by molar-refractivity contribution is 0.207. The quantitative estimate of drug-likeness (QED) is 0.283. The number of aromatic amines is 1. The van der Waals surface area contributed by atoms with E-state index in [9.17, 15) is 0 Å². The lowest BCUT2D eigenvalue weighted by Gasteiger charge is -2.14. The first-order valence-electron chi connectivity index (χ1n) is 10.7. The fraction of sp³-hybridized carbons (Fsp3) is 0.280. The zero-order chi connectivity index (χ0) is 24.1. The molecule has 0 spiro atoms. The van der Waals surface area contributed by atoms with Gasteiger partial charge in [0, 0.05) is 40.2 Å². The molecule has 0 atom stereocenters. The van der Waals surface area contributed by atoms with Crippen LogP contribution in [0.25, 0.3) is 22.2 Å². The Morgan fingerprint density at radius 1 is 1.03 bits per heavy atom. The highest BCUT2D eigenvalue weighted by atomic mass is 32.1. The van der Waals surface area contributed by atoms with E-state index in [1.54, 1.807) is 28.4 Å². The number of rotatable bonds is 9.